The Morgan fingerprint density at radius 1 is 1.04 bits per heavy atom. The number of amides is 1. The van der Waals surface area contributed by atoms with Gasteiger partial charge in [-0.05, 0) is 50.4 Å². The number of hydrogen-bond donors (Lipinski definition) is 0. The molecule has 1 saturated heterocycles. The second-order valence-electron chi connectivity index (χ2n) is 5.93. The van der Waals surface area contributed by atoms with Gasteiger partial charge >= 0.3 is 0 Å². The van der Waals surface area contributed by atoms with Gasteiger partial charge in [-0.2, -0.15) is 0 Å². The van der Waals surface area contributed by atoms with Crippen LogP contribution in [0.5, 0.6) is 0 Å². The van der Waals surface area contributed by atoms with E-state index in [4.69, 9.17) is 0 Å². The average Bonchev–Trinajstić information content (AvgIpc) is 2.55. The number of halogens is 1. The van der Waals surface area contributed by atoms with E-state index in [1.807, 2.05) is 24.0 Å². The molecule has 120 valence electrons. The number of aromatic nitrogens is 1. The third-order valence-corrected chi connectivity index (χ3v) is 4.25. The SMILES string of the molecule is Cc1nc(-c2ccc(F)cc2)ccc1C(=O)N1CCN(C)CC1. The summed E-state index contributed by atoms with van der Waals surface area (Å²) in [6.45, 7) is 5.12. The molecule has 0 N–H and O–H groups in total. The van der Waals surface area contributed by atoms with E-state index >= 15 is 0 Å². The third kappa shape index (κ3) is 3.40. The summed E-state index contributed by atoms with van der Waals surface area (Å²) in [4.78, 5) is 21.3. The van der Waals surface area contributed by atoms with Crippen LogP contribution in [0.1, 0.15) is 16.1 Å². The van der Waals surface area contributed by atoms with Crippen molar-refractivity contribution >= 4 is 5.91 Å². The topological polar surface area (TPSA) is 36.4 Å². The number of benzene rings is 1. The summed E-state index contributed by atoms with van der Waals surface area (Å²) in [5.41, 5.74) is 2.93. The number of hydrogen-bond acceptors (Lipinski definition) is 3. The highest BCUT2D eigenvalue weighted by molar-refractivity contribution is 5.95. The minimum Gasteiger partial charge on any atom is -0.336 e. The van der Waals surface area contributed by atoms with Crippen LogP contribution in [0, 0.1) is 12.7 Å². The summed E-state index contributed by atoms with van der Waals surface area (Å²) in [6.07, 6.45) is 0. The molecule has 0 saturated carbocycles. The Labute approximate surface area is 135 Å². The Balaban J connectivity index is 1.81. The molecule has 0 atom stereocenters. The van der Waals surface area contributed by atoms with E-state index in [0.717, 1.165) is 37.4 Å². The van der Waals surface area contributed by atoms with Crippen molar-refractivity contribution in [2.75, 3.05) is 33.2 Å². The highest BCUT2D eigenvalue weighted by Crippen LogP contribution is 2.20. The number of carbonyl (C=O) groups excluding carboxylic acids is 1. The van der Waals surface area contributed by atoms with E-state index in [1.165, 1.54) is 12.1 Å². The van der Waals surface area contributed by atoms with Crippen LogP contribution in [0.15, 0.2) is 36.4 Å². The zero-order valence-corrected chi connectivity index (χ0v) is 13.4. The lowest BCUT2D eigenvalue weighted by Crippen LogP contribution is -2.47. The van der Waals surface area contributed by atoms with Crippen molar-refractivity contribution in [1.82, 2.24) is 14.8 Å². The number of carbonyl (C=O) groups is 1. The van der Waals surface area contributed by atoms with Gasteiger partial charge in [0.1, 0.15) is 5.82 Å². The van der Waals surface area contributed by atoms with Gasteiger partial charge < -0.3 is 9.80 Å². The van der Waals surface area contributed by atoms with Gasteiger partial charge in [-0.1, -0.05) is 0 Å². The number of nitrogens with zero attached hydrogens (tertiary/aromatic N) is 3. The summed E-state index contributed by atoms with van der Waals surface area (Å²) < 4.78 is 13.0. The number of likely N-dealkylation sites (N-methyl/N-ethyl adjacent to an activating group) is 1. The Hall–Kier alpha value is -2.27. The predicted molar refractivity (Wildman–Crippen MR) is 87.8 cm³/mol. The molecule has 0 aliphatic carbocycles. The van der Waals surface area contributed by atoms with Crippen molar-refractivity contribution in [1.29, 1.82) is 0 Å². The van der Waals surface area contributed by atoms with E-state index in [0.29, 0.717) is 11.3 Å². The molecular formula is C18H20FN3O. The second kappa shape index (κ2) is 6.46. The molecule has 23 heavy (non-hydrogen) atoms. The van der Waals surface area contributed by atoms with Gasteiger partial charge in [0.2, 0.25) is 0 Å². The lowest BCUT2D eigenvalue weighted by atomic mass is 10.1. The summed E-state index contributed by atoms with van der Waals surface area (Å²) >= 11 is 0. The molecule has 2 heterocycles. The molecule has 2 aromatic rings. The monoisotopic (exact) mass is 313 g/mol. The molecule has 1 aromatic heterocycles. The van der Waals surface area contributed by atoms with Crippen molar-refractivity contribution < 1.29 is 9.18 Å². The van der Waals surface area contributed by atoms with Gasteiger partial charge in [-0.3, -0.25) is 9.78 Å². The molecule has 1 fully saturated rings. The summed E-state index contributed by atoms with van der Waals surface area (Å²) in [6, 6.07) is 9.86. The highest BCUT2D eigenvalue weighted by Gasteiger charge is 2.22. The van der Waals surface area contributed by atoms with Gasteiger partial charge in [0.05, 0.1) is 17.0 Å². The van der Waals surface area contributed by atoms with Crippen molar-refractivity contribution in [3.8, 4) is 11.3 Å². The van der Waals surface area contributed by atoms with Crippen LogP contribution in [0.2, 0.25) is 0 Å². The molecule has 0 spiro atoms. The second-order valence-corrected chi connectivity index (χ2v) is 5.93. The zero-order chi connectivity index (χ0) is 16.4. The smallest absolute Gasteiger partial charge is 0.255 e. The van der Waals surface area contributed by atoms with Crippen molar-refractivity contribution in [3.63, 3.8) is 0 Å². The van der Waals surface area contributed by atoms with E-state index in [1.54, 1.807) is 12.1 Å². The van der Waals surface area contributed by atoms with Crippen molar-refractivity contribution in [3.05, 3.63) is 53.5 Å². The van der Waals surface area contributed by atoms with Gasteiger partial charge in [0.25, 0.3) is 5.91 Å². The maximum atomic E-state index is 13.0. The quantitative estimate of drug-likeness (QED) is 0.855. The number of aryl methyl sites for hydroxylation is 1. The summed E-state index contributed by atoms with van der Waals surface area (Å²) in [5.74, 6) is -0.235. The highest BCUT2D eigenvalue weighted by atomic mass is 19.1. The zero-order valence-electron chi connectivity index (χ0n) is 13.4. The first-order valence-corrected chi connectivity index (χ1v) is 7.76. The molecule has 1 aliphatic rings. The van der Waals surface area contributed by atoms with Crippen LogP contribution in [-0.2, 0) is 0 Å². The van der Waals surface area contributed by atoms with Crippen molar-refractivity contribution in [2.24, 2.45) is 0 Å². The Kier molecular flexibility index (Phi) is 4.39. The third-order valence-electron chi connectivity index (χ3n) is 4.25. The first kappa shape index (κ1) is 15.6. The van der Waals surface area contributed by atoms with Gasteiger partial charge in [0, 0.05) is 31.7 Å². The van der Waals surface area contributed by atoms with Crippen LogP contribution in [0.4, 0.5) is 4.39 Å². The van der Waals surface area contributed by atoms with Crippen LogP contribution in [-0.4, -0.2) is 53.9 Å². The molecule has 1 aliphatic heterocycles. The molecule has 0 bridgehead atoms. The fraction of sp³-hybridized carbons (Fsp3) is 0.333. The molecule has 1 amide bonds. The summed E-state index contributed by atoms with van der Waals surface area (Å²) in [5, 5.41) is 0. The van der Waals surface area contributed by atoms with Gasteiger partial charge in [0.15, 0.2) is 0 Å². The average molecular weight is 313 g/mol. The van der Waals surface area contributed by atoms with E-state index in [-0.39, 0.29) is 11.7 Å². The van der Waals surface area contributed by atoms with Crippen molar-refractivity contribution in [2.45, 2.75) is 6.92 Å². The summed E-state index contributed by atoms with van der Waals surface area (Å²) in [7, 11) is 2.06. The first-order valence-electron chi connectivity index (χ1n) is 7.76. The molecule has 4 nitrogen and oxygen atoms in total. The molecule has 0 unspecified atom stereocenters. The normalized spacial score (nSPS) is 15.7. The maximum Gasteiger partial charge on any atom is 0.255 e. The van der Waals surface area contributed by atoms with Crippen LogP contribution < -0.4 is 0 Å². The number of pyridine rings is 1. The standard InChI is InChI=1S/C18H20FN3O/c1-13-16(18(23)22-11-9-21(2)10-12-22)7-8-17(20-13)14-3-5-15(19)6-4-14/h3-8H,9-12H2,1-2H3. The molecular weight excluding hydrogens is 293 g/mol. The molecule has 1 aromatic carbocycles. The van der Waals surface area contributed by atoms with Gasteiger partial charge in [-0.25, -0.2) is 4.39 Å². The van der Waals surface area contributed by atoms with E-state index in [2.05, 4.69) is 16.9 Å². The minimum atomic E-state index is -0.271. The van der Waals surface area contributed by atoms with Crippen LogP contribution >= 0.6 is 0 Å². The van der Waals surface area contributed by atoms with E-state index in [9.17, 15) is 9.18 Å². The lowest BCUT2D eigenvalue weighted by Gasteiger charge is -2.32. The van der Waals surface area contributed by atoms with Gasteiger partial charge in [-0.15, -0.1) is 0 Å². The first-order chi connectivity index (χ1) is 11.0. The Morgan fingerprint density at radius 3 is 2.30 bits per heavy atom. The maximum absolute atomic E-state index is 13.0. The van der Waals surface area contributed by atoms with E-state index < -0.39 is 0 Å². The molecule has 5 heteroatoms. The lowest BCUT2D eigenvalue weighted by molar-refractivity contribution is 0.0663. The minimum absolute atomic E-state index is 0.0359. The molecule has 0 radical (unpaired) electrons. The molecule has 3 rings (SSSR count). The Morgan fingerprint density at radius 2 is 1.70 bits per heavy atom. The number of piperazine rings is 1. The fourth-order valence-electron chi connectivity index (χ4n) is 2.75. The number of rotatable bonds is 2. The van der Waals surface area contributed by atoms with Crippen LogP contribution in [0.3, 0.4) is 0 Å². The fourth-order valence-corrected chi connectivity index (χ4v) is 2.75. The van der Waals surface area contributed by atoms with Crippen LogP contribution in [0.25, 0.3) is 11.3 Å². The largest absolute Gasteiger partial charge is 0.336 e. The Bertz CT molecular complexity index is 707. The predicted octanol–water partition coefficient (Wildman–Crippen LogP) is 2.58.